The van der Waals surface area contributed by atoms with Gasteiger partial charge in [0.25, 0.3) is 10.0 Å². The van der Waals surface area contributed by atoms with E-state index in [0.29, 0.717) is 24.5 Å². The highest BCUT2D eigenvalue weighted by Crippen LogP contribution is 2.30. The lowest BCUT2D eigenvalue weighted by molar-refractivity contribution is 0.203. The maximum absolute atomic E-state index is 13.2. The van der Waals surface area contributed by atoms with Crippen LogP contribution in [0.15, 0.2) is 21.6 Å². The monoisotopic (exact) mass is 396 g/mol. The average Bonchev–Trinajstić information content (AvgIpc) is 3.15. The molecule has 2 aromatic rings. The summed E-state index contributed by atoms with van der Waals surface area (Å²) in [6, 6.07) is 3.22. The Morgan fingerprint density at radius 3 is 2.63 bits per heavy atom. The highest BCUT2D eigenvalue weighted by Gasteiger charge is 2.35. The number of furan rings is 1. The first-order chi connectivity index (χ1) is 12.7. The predicted octanol–water partition coefficient (Wildman–Crippen LogP) is 1.61. The van der Waals surface area contributed by atoms with Gasteiger partial charge in [0.1, 0.15) is 5.69 Å². The standard InChI is InChI=1S/C18H28N4O4S/c1-12-13(2)19-20-18(12)16-7-8-17(26-16)27(24,25)22-9-14(11-23)5-6-15(10-22)21(3)4/h7-8,14-15,23H,5-6,9-11H2,1-4H3,(H,19,20)/t14-,15+/m0/s1. The van der Waals surface area contributed by atoms with Crippen LogP contribution in [0, 0.1) is 19.8 Å². The zero-order chi connectivity index (χ0) is 19.8. The summed E-state index contributed by atoms with van der Waals surface area (Å²) in [5.41, 5.74) is 2.46. The summed E-state index contributed by atoms with van der Waals surface area (Å²) >= 11 is 0. The minimum Gasteiger partial charge on any atom is -0.442 e. The van der Waals surface area contributed by atoms with Gasteiger partial charge in [-0.1, -0.05) is 0 Å². The Kier molecular flexibility index (Phi) is 5.76. The van der Waals surface area contributed by atoms with Gasteiger partial charge in [0.15, 0.2) is 5.76 Å². The van der Waals surface area contributed by atoms with E-state index in [0.717, 1.165) is 24.1 Å². The van der Waals surface area contributed by atoms with Crippen LogP contribution in [0.4, 0.5) is 0 Å². The summed E-state index contributed by atoms with van der Waals surface area (Å²) in [5.74, 6) is 0.350. The molecule has 3 rings (SSSR count). The number of sulfonamides is 1. The van der Waals surface area contributed by atoms with Crippen LogP contribution in [0.1, 0.15) is 24.1 Å². The fraction of sp³-hybridized carbons (Fsp3) is 0.611. The lowest BCUT2D eigenvalue weighted by Crippen LogP contribution is -2.42. The highest BCUT2D eigenvalue weighted by molar-refractivity contribution is 7.89. The Bertz CT molecular complexity index is 887. The van der Waals surface area contributed by atoms with Crippen molar-refractivity contribution in [3.63, 3.8) is 0 Å². The lowest BCUT2D eigenvalue weighted by Gasteiger charge is -2.27. The minimum absolute atomic E-state index is 0.0265. The first-order valence-electron chi connectivity index (χ1n) is 9.13. The molecule has 1 aliphatic heterocycles. The van der Waals surface area contributed by atoms with Gasteiger partial charge in [-0.2, -0.15) is 9.40 Å². The van der Waals surface area contributed by atoms with Crippen molar-refractivity contribution in [1.82, 2.24) is 19.4 Å². The van der Waals surface area contributed by atoms with Gasteiger partial charge < -0.3 is 14.4 Å². The first-order valence-corrected chi connectivity index (χ1v) is 10.6. The third kappa shape index (κ3) is 3.96. The fourth-order valence-electron chi connectivity index (χ4n) is 3.41. The molecule has 0 saturated carbocycles. The molecule has 0 spiro atoms. The third-order valence-corrected chi connectivity index (χ3v) is 7.14. The van der Waals surface area contributed by atoms with Gasteiger partial charge in [-0.15, -0.1) is 0 Å². The molecule has 3 heterocycles. The Morgan fingerprint density at radius 2 is 2.04 bits per heavy atom. The molecule has 0 unspecified atom stereocenters. The van der Waals surface area contributed by atoms with Gasteiger partial charge in [0, 0.05) is 37.0 Å². The molecule has 0 radical (unpaired) electrons. The summed E-state index contributed by atoms with van der Waals surface area (Å²) in [4.78, 5) is 2.03. The first kappa shape index (κ1) is 20.1. The van der Waals surface area contributed by atoms with Crippen molar-refractivity contribution in [3.8, 4) is 11.5 Å². The average molecular weight is 397 g/mol. The number of aryl methyl sites for hydroxylation is 1. The molecule has 0 amide bonds. The van der Waals surface area contributed by atoms with E-state index in [4.69, 9.17) is 4.42 Å². The van der Waals surface area contributed by atoms with E-state index in [1.54, 1.807) is 6.07 Å². The Balaban J connectivity index is 1.91. The normalized spacial score (nSPS) is 22.3. The number of aliphatic hydroxyl groups excluding tert-OH is 1. The van der Waals surface area contributed by atoms with Crippen LogP contribution in [0.3, 0.4) is 0 Å². The smallest absolute Gasteiger partial charge is 0.276 e. The molecule has 1 fully saturated rings. The molecule has 0 aromatic carbocycles. The molecule has 27 heavy (non-hydrogen) atoms. The topological polar surface area (TPSA) is 103 Å². The van der Waals surface area contributed by atoms with E-state index in [1.807, 2.05) is 32.8 Å². The van der Waals surface area contributed by atoms with Crippen molar-refractivity contribution in [2.75, 3.05) is 33.8 Å². The second-order valence-corrected chi connectivity index (χ2v) is 9.38. The molecule has 1 aliphatic rings. The number of likely N-dealkylation sites (N-methyl/N-ethyl adjacent to an activating group) is 1. The number of aliphatic hydroxyl groups is 1. The largest absolute Gasteiger partial charge is 0.442 e. The highest BCUT2D eigenvalue weighted by atomic mass is 32.2. The van der Waals surface area contributed by atoms with Crippen molar-refractivity contribution in [1.29, 1.82) is 0 Å². The quantitative estimate of drug-likeness (QED) is 0.796. The number of nitrogens with one attached hydrogen (secondary N) is 1. The molecular weight excluding hydrogens is 368 g/mol. The maximum atomic E-state index is 13.2. The second-order valence-electron chi connectivity index (χ2n) is 7.51. The Labute approximate surface area is 160 Å². The fourth-order valence-corrected chi connectivity index (χ4v) is 4.88. The molecule has 2 atom stereocenters. The number of H-pyrrole nitrogens is 1. The van der Waals surface area contributed by atoms with Crippen LogP contribution in [0.2, 0.25) is 0 Å². The molecule has 0 bridgehead atoms. The minimum atomic E-state index is -3.80. The number of rotatable bonds is 5. The van der Waals surface area contributed by atoms with Gasteiger partial charge in [-0.05, 0) is 58.8 Å². The van der Waals surface area contributed by atoms with E-state index in [-0.39, 0.29) is 23.7 Å². The number of nitrogens with zero attached hydrogens (tertiary/aromatic N) is 3. The molecule has 1 saturated heterocycles. The van der Waals surface area contributed by atoms with E-state index < -0.39 is 10.0 Å². The molecule has 9 heteroatoms. The van der Waals surface area contributed by atoms with Gasteiger partial charge in [0.05, 0.1) is 0 Å². The van der Waals surface area contributed by atoms with Crippen LogP contribution in [-0.4, -0.2) is 72.8 Å². The molecular formula is C18H28N4O4S. The van der Waals surface area contributed by atoms with Gasteiger partial charge in [-0.3, -0.25) is 5.10 Å². The van der Waals surface area contributed by atoms with Crippen molar-refractivity contribution in [3.05, 3.63) is 23.4 Å². The van der Waals surface area contributed by atoms with Crippen molar-refractivity contribution >= 4 is 10.0 Å². The second kappa shape index (κ2) is 7.75. The van der Waals surface area contributed by atoms with Crippen LogP contribution in [0.25, 0.3) is 11.5 Å². The van der Waals surface area contributed by atoms with Crippen LogP contribution >= 0.6 is 0 Å². The van der Waals surface area contributed by atoms with Crippen LogP contribution < -0.4 is 0 Å². The predicted molar refractivity (Wildman–Crippen MR) is 102 cm³/mol. The Morgan fingerprint density at radius 1 is 1.30 bits per heavy atom. The lowest BCUT2D eigenvalue weighted by atomic mass is 10.0. The number of hydrogen-bond donors (Lipinski definition) is 2. The SMILES string of the molecule is Cc1[nH]nc(-c2ccc(S(=O)(=O)N3C[C@@H](CO)CC[C@@H](N(C)C)C3)o2)c1C. The van der Waals surface area contributed by atoms with E-state index in [9.17, 15) is 13.5 Å². The molecule has 0 aliphatic carbocycles. The zero-order valence-electron chi connectivity index (χ0n) is 16.3. The summed E-state index contributed by atoms with van der Waals surface area (Å²) in [6.07, 6.45) is 1.64. The van der Waals surface area contributed by atoms with E-state index in [2.05, 4.69) is 10.2 Å². The van der Waals surface area contributed by atoms with Crippen LogP contribution in [-0.2, 0) is 10.0 Å². The Hall–Kier alpha value is -1.68. The van der Waals surface area contributed by atoms with Gasteiger partial charge >= 0.3 is 0 Å². The van der Waals surface area contributed by atoms with Gasteiger partial charge in [0.2, 0.25) is 5.09 Å². The summed E-state index contributed by atoms with van der Waals surface area (Å²) in [6.45, 7) is 4.46. The molecule has 2 N–H and O–H groups in total. The molecule has 8 nitrogen and oxygen atoms in total. The van der Waals surface area contributed by atoms with Crippen LogP contribution in [0.5, 0.6) is 0 Å². The van der Waals surface area contributed by atoms with Crippen molar-refractivity contribution < 1.29 is 17.9 Å². The summed E-state index contributed by atoms with van der Waals surface area (Å²) in [5, 5.41) is 16.6. The molecule has 150 valence electrons. The van der Waals surface area contributed by atoms with Crippen molar-refractivity contribution in [2.24, 2.45) is 5.92 Å². The summed E-state index contributed by atoms with van der Waals surface area (Å²) < 4.78 is 33.6. The molecule has 2 aromatic heterocycles. The van der Waals surface area contributed by atoms with Gasteiger partial charge in [-0.25, -0.2) is 8.42 Å². The third-order valence-electron chi connectivity index (χ3n) is 5.43. The van der Waals surface area contributed by atoms with E-state index >= 15 is 0 Å². The number of aromatic amines is 1. The van der Waals surface area contributed by atoms with Crippen molar-refractivity contribution in [2.45, 2.75) is 37.8 Å². The number of hydrogen-bond acceptors (Lipinski definition) is 6. The summed E-state index contributed by atoms with van der Waals surface area (Å²) in [7, 11) is 0.0966. The van der Waals surface area contributed by atoms with E-state index in [1.165, 1.54) is 10.4 Å². The number of aromatic nitrogens is 2. The maximum Gasteiger partial charge on any atom is 0.276 e. The zero-order valence-corrected chi connectivity index (χ0v) is 17.1.